The van der Waals surface area contributed by atoms with E-state index in [1.54, 1.807) is 30.3 Å². The number of thiocarbonyl (C=S) groups is 1. The topological polar surface area (TPSA) is 80.3 Å². The molecule has 0 fully saturated rings. The third kappa shape index (κ3) is 5.50. The number of rotatable bonds is 6. The van der Waals surface area contributed by atoms with Gasteiger partial charge in [-0.05, 0) is 78.7 Å². The van der Waals surface area contributed by atoms with E-state index in [0.29, 0.717) is 33.9 Å². The van der Waals surface area contributed by atoms with Crippen molar-refractivity contribution in [3.05, 3.63) is 77.2 Å². The second-order valence-electron chi connectivity index (χ2n) is 7.54. The number of oxazole rings is 1. The van der Waals surface area contributed by atoms with Crippen LogP contribution < -0.4 is 10.6 Å². The molecule has 0 aliphatic carbocycles. The Bertz CT molecular complexity index is 1330. The third-order valence-electron chi connectivity index (χ3n) is 5.23. The predicted molar refractivity (Wildman–Crippen MR) is 135 cm³/mol. The molecule has 0 saturated heterocycles. The van der Waals surface area contributed by atoms with Gasteiger partial charge in [0.15, 0.2) is 10.7 Å². The quantitative estimate of drug-likeness (QED) is 0.234. The van der Waals surface area contributed by atoms with E-state index in [9.17, 15) is 4.79 Å². The fourth-order valence-corrected chi connectivity index (χ4v) is 3.59. The molecular weight excluding hydrogens is 458 g/mol. The molecule has 0 radical (unpaired) electrons. The molecule has 33 heavy (non-hydrogen) atoms. The van der Waals surface area contributed by atoms with Gasteiger partial charge >= 0.3 is 0 Å². The second-order valence-corrected chi connectivity index (χ2v) is 8.36. The molecule has 0 aliphatic rings. The monoisotopic (exact) mass is 479 g/mol. The van der Waals surface area contributed by atoms with Crippen LogP contribution in [0, 0.1) is 0 Å². The number of carbonyl (C=O) groups excluding carboxylic acids is 1. The van der Waals surface area contributed by atoms with E-state index in [1.165, 1.54) is 17.9 Å². The lowest BCUT2D eigenvalue weighted by atomic mass is 9.98. The summed E-state index contributed by atoms with van der Waals surface area (Å²) in [5, 5.41) is 6.08. The van der Waals surface area contributed by atoms with E-state index in [-0.39, 0.29) is 5.11 Å². The number of halogens is 1. The van der Waals surface area contributed by atoms with Crippen molar-refractivity contribution in [2.45, 2.75) is 26.2 Å². The Labute approximate surface area is 201 Å². The van der Waals surface area contributed by atoms with Gasteiger partial charge in [0.25, 0.3) is 0 Å². The lowest BCUT2D eigenvalue weighted by Crippen LogP contribution is -2.32. The smallest absolute Gasteiger partial charge is 0.250 e. The number of hydrogen-bond acceptors (Lipinski definition) is 5. The number of nitrogens with zero attached hydrogens (tertiary/aromatic N) is 1. The van der Waals surface area contributed by atoms with Crippen LogP contribution >= 0.6 is 23.8 Å². The normalized spacial score (nSPS) is 12.2. The van der Waals surface area contributed by atoms with Crippen LogP contribution in [-0.2, 0) is 4.79 Å². The van der Waals surface area contributed by atoms with Crippen LogP contribution in [0.25, 0.3) is 28.6 Å². The molecule has 1 amide bonds. The van der Waals surface area contributed by atoms with Crippen molar-refractivity contribution in [1.82, 2.24) is 10.3 Å². The molecule has 2 heterocycles. The number of hydrogen-bond donors (Lipinski definition) is 2. The predicted octanol–water partition coefficient (Wildman–Crippen LogP) is 6.78. The Kier molecular flexibility index (Phi) is 6.91. The van der Waals surface area contributed by atoms with Crippen LogP contribution in [0.3, 0.4) is 0 Å². The maximum absolute atomic E-state index is 12.1. The van der Waals surface area contributed by atoms with Crippen molar-refractivity contribution in [2.24, 2.45) is 0 Å². The molecule has 168 valence electrons. The Balaban J connectivity index is 1.49. The van der Waals surface area contributed by atoms with Gasteiger partial charge in [-0.2, -0.15) is 0 Å². The fraction of sp³-hybridized carbons (Fsp3) is 0.160. The molecule has 8 heteroatoms. The van der Waals surface area contributed by atoms with Gasteiger partial charge < -0.3 is 14.2 Å². The summed E-state index contributed by atoms with van der Waals surface area (Å²) in [6.07, 6.45) is 5.46. The first-order valence-electron chi connectivity index (χ1n) is 10.5. The summed E-state index contributed by atoms with van der Waals surface area (Å²) in [6.45, 7) is 4.35. The third-order valence-corrected chi connectivity index (χ3v) is 5.77. The Morgan fingerprint density at radius 1 is 1.24 bits per heavy atom. The minimum absolute atomic E-state index is 0.110. The van der Waals surface area contributed by atoms with Crippen LogP contribution in [0.5, 0.6) is 0 Å². The Morgan fingerprint density at radius 2 is 2.09 bits per heavy atom. The highest BCUT2D eigenvalue weighted by Gasteiger charge is 2.13. The molecule has 1 atom stereocenters. The molecule has 0 aliphatic heterocycles. The number of fused-ring (bicyclic) bond motifs is 1. The molecule has 4 rings (SSSR count). The zero-order chi connectivity index (χ0) is 23.4. The summed E-state index contributed by atoms with van der Waals surface area (Å²) in [4.78, 5) is 16.7. The van der Waals surface area contributed by atoms with Gasteiger partial charge in [0, 0.05) is 11.6 Å². The summed E-state index contributed by atoms with van der Waals surface area (Å²) in [5.74, 6) is 1.09. The molecule has 6 nitrogen and oxygen atoms in total. The largest absolute Gasteiger partial charge is 0.465 e. The molecule has 2 aromatic heterocycles. The van der Waals surface area contributed by atoms with E-state index >= 15 is 0 Å². The number of carbonyl (C=O) groups is 1. The number of anilines is 1. The van der Waals surface area contributed by atoms with Crippen molar-refractivity contribution in [1.29, 1.82) is 0 Å². The van der Waals surface area contributed by atoms with E-state index in [2.05, 4.69) is 41.6 Å². The average molecular weight is 480 g/mol. The zero-order valence-corrected chi connectivity index (χ0v) is 19.7. The minimum atomic E-state index is -0.396. The summed E-state index contributed by atoms with van der Waals surface area (Å²) in [7, 11) is 0. The highest BCUT2D eigenvalue weighted by molar-refractivity contribution is 7.80. The number of nitrogens with one attached hydrogen (secondary N) is 2. The molecule has 0 bridgehead atoms. The van der Waals surface area contributed by atoms with E-state index < -0.39 is 5.91 Å². The lowest BCUT2D eigenvalue weighted by molar-refractivity contribution is -0.115. The molecule has 0 spiro atoms. The SMILES string of the molecule is CC[C@@H](C)c1ccc2oc(-c3ccc(Cl)c(NC(=S)NC(=O)/C=C/c4ccco4)c3)nc2c1. The Hall–Kier alpha value is -3.42. The molecule has 0 saturated carbocycles. The second kappa shape index (κ2) is 10.0. The van der Waals surface area contributed by atoms with Crippen molar-refractivity contribution < 1.29 is 13.6 Å². The first-order chi connectivity index (χ1) is 15.9. The highest BCUT2D eigenvalue weighted by atomic mass is 35.5. The fourth-order valence-electron chi connectivity index (χ4n) is 3.22. The zero-order valence-electron chi connectivity index (χ0n) is 18.1. The van der Waals surface area contributed by atoms with Crippen LogP contribution in [0.15, 0.2) is 69.7 Å². The summed E-state index contributed by atoms with van der Waals surface area (Å²) in [6, 6.07) is 14.9. The molecule has 2 aromatic carbocycles. The van der Waals surface area contributed by atoms with Gasteiger partial charge in [-0.3, -0.25) is 10.1 Å². The van der Waals surface area contributed by atoms with E-state index in [4.69, 9.17) is 32.7 Å². The van der Waals surface area contributed by atoms with Gasteiger partial charge in [-0.15, -0.1) is 0 Å². The van der Waals surface area contributed by atoms with E-state index in [1.807, 2.05) is 12.1 Å². The van der Waals surface area contributed by atoms with Gasteiger partial charge in [0.05, 0.1) is 17.0 Å². The van der Waals surface area contributed by atoms with Gasteiger partial charge in [0.2, 0.25) is 11.8 Å². The lowest BCUT2D eigenvalue weighted by Gasteiger charge is -2.10. The van der Waals surface area contributed by atoms with Crippen molar-refractivity contribution >= 4 is 57.7 Å². The first kappa shape index (κ1) is 22.8. The number of amides is 1. The highest BCUT2D eigenvalue weighted by Crippen LogP contribution is 2.31. The molecular formula is C25H22ClN3O3S. The van der Waals surface area contributed by atoms with E-state index in [0.717, 1.165) is 17.5 Å². The summed E-state index contributed by atoms with van der Waals surface area (Å²) in [5.41, 5.74) is 4.00. The molecule has 0 unspecified atom stereocenters. The molecule has 4 aromatic rings. The van der Waals surface area contributed by atoms with Crippen molar-refractivity contribution in [2.75, 3.05) is 5.32 Å². The maximum atomic E-state index is 12.1. The van der Waals surface area contributed by atoms with Gasteiger partial charge in [-0.25, -0.2) is 4.98 Å². The number of aromatic nitrogens is 1. The van der Waals surface area contributed by atoms with Crippen molar-refractivity contribution in [3.8, 4) is 11.5 Å². The standard InChI is InChI=1S/C25H22ClN3O3S/c1-3-15(2)16-7-10-22-21(13-16)27-24(32-22)17-6-9-19(26)20(14-17)28-25(33)29-23(30)11-8-18-5-4-12-31-18/h4-15H,3H2,1-2H3,(H2,28,29,30,33)/b11-8+/t15-/m1/s1. The summed E-state index contributed by atoms with van der Waals surface area (Å²) < 4.78 is 11.1. The maximum Gasteiger partial charge on any atom is 0.250 e. The van der Waals surface area contributed by atoms with Gasteiger partial charge in [0.1, 0.15) is 11.3 Å². The van der Waals surface area contributed by atoms with Gasteiger partial charge in [-0.1, -0.05) is 31.5 Å². The van der Waals surface area contributed by atoms with Crippen LogP contribution in [-0.4, -0.2) is 16.0 Å². The molecule has 2 N–H and O–H groups in total. The summed E-state index contributed by atoms with van der Waals surface area (Å²) >= 11 is 11.6. The average Bonchev–Trinajstić information content (AvgIpc) is 3.47. The number of benzene rings is 2. The number of furan rings is 1. The minimum Gasteiger partial charge on any atom is -0.465 e. The first-order valence-corrected chi connectivity index (χ1v) is 11.3. The Morgan fingerprint density at radius 3 is 2.85 bits per heavy atom. The van der Waals surface area contributed by atoms with Crippen LogP contribution in [0.4, 0.5) is 5.69 Å². The van der Waals surface area contributed by atoms with Crippen LogP contribution in [0.2, 0.25) is 5.02 Å². The van der Waals surface area contributed by atoms with Crippen molar-refractivity contribution in [3.63, 3.8) is 0 Å². The van der Waals surface area contributed by atoms with Crippen LogP contribution in [0.1, 0.15) is 37.5 Å².